The number of likely N-dealkylation sites (N-methyl/N-ethyl adjacent to an activating group) is 1. The first-order chi connectivity index (χ1) is 26.6. The summed E-state index contributed by atoms with van der Waals surface area (Å²) in [5.74, 6) is -0.359. The molecule has 0 spiro atoms. The van der Waals surface area contributed by atoms with Crippen LogP contribution < -0.4 is 0 Å². The van der Waals surface area contributed by atoms with Crippen LogP contribution in [0.5, 0.6) is 0 Å². The number of phosphoric ester groups is 1. The second kappa shape index (κ2) is 38.8. The van der Waals surface area contributed by atoms with Crippen LogP contribution in [0.2, 0.25) is 0 Å². The highest BCUT2D eigenvalue weighted by Gasteiger charge is 2.26. The van der Waals surface area contributed by atoms with Gasteiger partial charge in [-0.05, 0) is 83.5 Å². The number of unbranched alkanes of at least 4 members (excludes halogenated alkanes) is 13. The van der Waals surface area contributed by atoms with Gasteiger partial charge >= 0.3 is 13.8 Å². The number of quaternary nitrogens is 1. The van der Waals surface area contributed by atoms with Crippen LogP contribution in [0.25, 0.3) is 0 Å². The van der Waals surface area contributed by atoms with Gasteiger partial charge in [0.05, 0.1) is 34.4 Å². The minimum atomic E-state index is -4.29. The van der Waals surface area contributed by atoms with Gasteiger partial charge in [-0.2, -0.15) is 0 Å². The zero-order valence-corrected chi connectivity index (χ0v) is 36.8. The van der Waals surface area contributed by atoms with Crippen molar-refractivity contribution in [3.63, 3.8) is 0 Å². The first-order valence-electron chi connectivity index (χ1n) is 21.7. The third kappa shape index (κ3) is 42.9. The van der Waals surface area contributed by atoms with E-state index in [4.69, 9.17) is 18.5 Å². The Hall–Kier alpha value is -2.06. The standard InChI is InChI=1S/C46H82NO7P/c1-6-8-10-12-14-16-18-20-22-23-24-26-28-30-32-34-36-38-41-51-43-45(44-53-55(49,50)52-42-40-47(3,4)5)54-46(48)39-37-35-33-31-29-27-25-21-19-17-15-13-11-9-7-2/h9,11,14-17,20-22,25,29,31,45H,6-8,10,12-13,18-19,23-24,26-28,30,32-44H2,1-5H3/p+1/b11-9-,16-14-,17-15-,22-20-,25-21-,31-29-. The molecule has 0 heterocycles. The van der Waals surface area contributed by atoms with Gasteiger partial charge in [0.1, 0.15) is 19.3 Å². The van der Waals surface area contributed by atoms with Gasteiger partial charge in [-0.1, -0.05) is 138 Å². The van der Waals surface area contributed by atoms with Gasteiger partial charge in [0.15, 0.2) is 0 Å². The number of nitrogens with zero attached hydrogens (tertiary/aromatic N) is 1. The van der Waals surface area contributed by atoms with E-state index in [9.17, 15) is 14.3 Å². The molecule has 8 nitrogen and oxygen atoms in total. The first kappa shape index (κ1) is 52.9. The van der Waals surface area contributed by atoms with E-state index in [1.165, 1.54) is 70.6 Å². The van der Waals surface area contributed by atoms with Crippen LogP contribution in [0.15, 0.2) is 72.9 Å². The van der Waals surface area contributed by atoms with Crippen molar-refractivity contribution in [1.29, 1.82) is 0 Å². The van der Waals surface area contributed by atoms with Crippen LogP contribution >= 0.6 is 7.82 Å². The molecule has 0 aliphatic rings. The quantitative estimate of drug-likeness (QED) is 0.0218. The van der Waals surface area contributed by atoms with Gasteiger partial charge in [0.25, 0.3) is 0 Å². The zero-order chi connectivity index (χ0) is 40.6. The lowest BCUT2D eigenvalue weighted by Crippen LogP contribution is -2.37. The van der Waals surface area contributed by atoms with E-state index in [1.807, 2.05) is 21.1 Å². The van der Waals surface area contributed by atoms with Crippen molar-refractivity contribution in [2.24, 2.45) is 0 Å². The van der Waals surface area contributed by atoms with Crippen LogP contribution in [0.4, 0.5) is 0 Å². The molecular formula is C46H83NO7P+. The summed E-state index contributed by atoms with van der Waals surface area (Å²) >= 11 is 0. The van der Waals surface area contributed by atoms with Crippen LogP contribution in [-0.4, -0.2) is 75.6 Å². The van der Waals surface area contributed by atoms with Crippen molar-refractivity contribution in [3.05, 3.63) is 72.9 Å². The molecular weight excluding hydrogens is 709 g/mol. The third-order valence-corrected chi connectivity index (χ3v) is 9.74. The molecule has 318 valence electrons. The molecule has 0 bridgehead atoms. The van der Waals surface area contributed by atoms with Crippen molar-refractivity contribution in [2.45, 2.75) is 161 Å². The Morgan fingerprint density at radius 2 is 1.05 bits per heavy atom. The van der Waals surface area contributed by atoms with Crippen LogP contribution in [0.1, 0.15) is 155 Å². The summed E-state index contributed by atoms with van der Waals surface area (Å²) in [4.78, 5) is 22.9. The van der Waals surface area contributed by atoms with E-state index in [0.29, 0.717) is 24.1 Å². The number of esters is 1. The largest absolute Gasteiger partial charge is 0.472 e. The van der Waals surface area contributed by atoms with E-state index in [-0.39, 0.29) is 32.2 Å². The number of hydrogen-bond acceptors (Lipinski definition) is 6. The lowest BCUT2D eigenvalue weighted by Gasteiger charge is -2.24. The molecule has 0 fully saturated rings. The highest BCUT2D eigenvalue weighted by Crippen LogP contribution is 2.43. The number of allylic oxidation sites excluding steroid dienone is 12. The fraction of sp³-hybridized carbons (Fsp3) is 0.717. The molecule has 1 N–H and O–H groups in total. The number of rotatable bonds is 39. The van der Waals surface area contributed by atoms with E-state index < -0.39 is 13.9 Å². The van der Waals surface area contributed by atoms with Crippen molar-refractivity contribution >= 4 is 13.8 Å². The first-order valence-corrected chi connectivity index (χ1v) is 23.2. The van der Waals surface area contributed by atoms with E-state index in [0.717, 1.165) is 57.8 Å². The van der Waals surface area contributed by atoms with E-state index in [1.54, 1.807) is 0 Å². The number of phosphoric acid groups is 1. The Bertz CT molecular complexity index is 1110. The Labute approximate surface area is 338 Å². The number of carbonyl (C=O) groups excluding carboxylic acids is 1. The van der Waals surface area contributed by atoms with Gasteiger partial charge in [-0.15, -0.1) is 0 Å². The minimum absolute atomic E-state index is 0.0756. The molecule has 0 aliphatic carbocycles. The minimum Gasteiger partial charge on any atom is -0.457 e. The molecule has 2 atom stereocenters. The molecule has 0 aromatic rings. The second-order valence-corrected chi connectivity index (χ2v) is 16.8. The summed E-state index contributed by atoms with van der Waals surface area (Å²) in [5, 5.41) is 0. The fourth-order valence-electron chi connectivity index (χ4n) is 5.40. The van der Waals surface area contributed by atoms with Gasteiger partial charge in [-0.3, -0.25) is 13.8 Å². The number of hydrogen-bond donors (Lipinski definition) is 1. The number of ether oxygens (including phenoxy) is 2. The fourth-order valence-corrected chi connectivity index (χ4v) is 6.14. The molecule has 0 aromatic carbocycles. The summed E-state index contributed by atoms with van der Waals surface area (Å²) in [6.07, 6.45) is 49.4. The van der Waals surface area contributed by atoms with Crippen LogP contribution in [0.3, 0.4) is 0 Å². The van der Waals surface area contributed by atoms with Gasteiger partial charge in [0.2, 0.25) is 0 Å². The second-order valence-electron chi connectivity index (χ2n) is 15.3. The Morgan fingerprint density at radius 1 is 0.582 bits per heavy atom. The Balaban J connectivity index is 4.32. The normalized spacial score (nSPS) is 14.5. The molecule has 9 heteroatoms. The lowest BCUT2D eigenvalue weighted by molar-refractivity contribution is -0.870. The molecule has 0 aliphatic heterocycles. The average Bonchev–Trinajstić information content (AvgIpc) is 3.13. The highest BCUT2D eigenvalue weighted by atomic mass is 31.2. The monoisotopic (exact) mass is 793 g/mol. The van der Waals surface area contributed by atoms with Crippen molar-refractivity contribution < 1.29 is 37.3 Å². The Morgan fingerprint density at radius 3 is 1.58 bits per heavy atom. The molecule has 0 saturated heterocycles. The van der Waals surface area contributed by atoms with E-state index in [2.05, 4.69) is 86.8 Å². The van der Waals surface area contributed by atoms with Gasteiger partial charge in [0, 0.05) is 13.0 Å². The predicted molar refractivity (Wildman–Crippen MR) is 233 cm³/mol. The lowest BCUT2D eigenvalue weighted by atomic mass is 10.1. The molecule has 0 radical (unpaired) electrons. The van der Waals surface area contributed by atoms with Crippen LogP contribution in [-0.2, 0) is 27.9 Å². The Kier molecular flexibility index (Phi) is 37.3. The van der Waals surface area contributed by atoms with E-state index >= 15 is 0 Å². The predicted octanol–water partition coefficient (Wildman–Crippen LogP) is 12.7. The highest BCUT2D eigenvalue weighted by molar-refractivity contribution is 7.47. The molecule has 0 saturated carbocycles. The molecule has 2 unspecified atom stereocenters. The van der Waals surface area contributed by atoms with Gasteiger partial charge in [-0.25, -0.2) is 4.57 Å². The molecule has 0 amide bonds. The van der Waals surface area contributed by atoms with Crippen LogP contribution in [0, 0.1) is 0 Å². The summed E-state index contributed by atoms with van der Waals surface area (Å²) in [5.41, 5.74) is 0. The topological polar surface area (TPSA) is 91.3 Å². The summed E-state index contributed by atoms with van der Waals surface area (Å²) in [6, 6.07) is 0. The average molecular weight is 793 g/mol. The SMILES string of the molecule is CC/C=C\C/C=C\C/C=C\C/C=C\CCCCC(=O)OC(COCCCCCCCCCC/C=C\C/C=C\CCCCC)COP(=O)(O)OCC[N+](C)(C)C. The van der Waals surface area contributed by atoms with Crippen molar-refractivity contribution in [1.82, 2.24) is 0 Å². The molecule has 55 heavy (non-hydrogen) atoms. The third-order valence-electron chi connectivity index (χ3n) is 8.75. The van der Waals surface area contributed by atoms with Crippen molar-refractivity contribution in [2.75, 3.05) is 54.1 Å². The smallest absolute Gasteiger partial charge is 0.457 e. The summed E-state index contributed by atoms with van der Waals surface area (Å²) < 4.78 is 34.9. The maximum Gasteiger partial charge on any atom is 0.472 e. The maximum absolute atomic E-state index is 12.7. The zero-order valence-electron chi connectivity index (χ0n) is 35.9. The summed E-state index contributed by atoms with van der Waals surface area (Å²) in [6.45, 7) is 5.39. The van der Waals surface area contributed by atoms with Crippen molar-refractivity contribution in [3.8, 4) is 0 Å². The summed E-state index contributed by atoms with van der Waals surface area (Å²) in [7, 11) is 1.62. The number of carbonyl (C=O) groups is 1. The molecule has 0 rings (SSSR count). The molecule has 0 aromatic heterocycles. The van der Waals surface area contributed by atoms with Gasteiger partial charge < -0.3 is 18.9 Å². The maximum atomic E-state index is 12.7.